The Bertz CT molecular complexity index is 640. The first-order valence-electron chi connectivity index (χ1n) is 7.33. The van der Waals surface area contributed by atoms with Gasteiger partial charge in [0.1, 0.15) is 0 Å². The number of piperazine rings is 1. The fourth-order valence-corrected chi connectivity index (χ4v) is 3.71. The van der Waals surface area contributed by atoms with E-state index in [1.165, 1.54) is 0 Å². The lowest BCUT2D eigenvalue weighted by Gasteiger charge is -2.33. The molecule has 1 fully saturated rings. The number of carbonyl (C=O) groups is 1. The fourth-order valence-electron chi connectivity index (χ4n) is 2.48. The zero-order chi connectivity index (χ0) is 15.4. The van der Waals surface area contributed by atoms with E-state index in [0.717, 1.165) is 49.0 Å². The molecule has 1 aliphatic heterocycles. The number of aryl methyl sites for hydroxylation is 1. The second-order valence-corrected chi connectivity index (χ2v) is 7.19. The highest BCUT2D eigenvalue weighted by Gasteiger charge is 2.20. The summed E-state index contributed by atoms with van der Waals surface area (Å²) in [5.74, 6) is 0.107. The van der Waals surface area contributed by atoms with Crippen LogP contribution >= 0.6 is 22.7 Å². The lowest BCUT2D eigenvalue weighted by molar-refractivity contribution is -0.127. The third kappa shape index (κ3) is 4.03. The highest BCUT2D eigenvalue weighted by Crippen LogP contribution is 2.13. The molecule has 1 amide bonds. The van der Waals surface area contributed by atoms with Crippen LogP contribution in [0.5, 0.6) is 0 Å². The van der Waals surface area contributed by atoms with Crippen molar-refractivity contribution in [3.05, 3.63) is 44.5 Å². The van der Waals surface area contributed by atoms with Gasteiger partial charge in [-0.05, 0) is 35.4 Å². The minimum absolute atomic E-state index is 0.107. The molecular weight excluding hydrogens is 314 g/mol. The summed E-state index contributed by atoms with van der Waals surface area (Å²) in [6, 6.07) is 2.02. The number of thiazole rings is 1. The molecule has 3 heterocycles. The summed E-state index contributed by atoms with van der Waals surface area (Å²) in [7, 11) is 0. The molecule has 22 heavy (non-hydrogen) atoms. The van der Waals surface area contributed by atoms with Crippen LogP contribution in [-0.2, 0) is 11.3 Å². The molecule has 0 N–H and O–H groups in total. The van der Waals surface area contributed by atoms with Gasteiger partial charge in [-0.1, -0.05) is 0 Å². The summed E-state index contributed by atoms with van der Waals surface area (Å²) in [6.45, 7) is 6.32. The van der Waals surface area contributed by atoms with Gasteiger partial charge in [0, 0.05) is 44.2 Å². The van der Waals surface area contributed by atoms with Crippen molar-refractivity contribution < 1.29 is 4.79 Å². The van der Waals surface area contributed by atoms with Gasteiger partial charge in [-0.15, -0.1) is 11.3 Å². The van der Waals surface area contributed by atoms with E-state index >= 15 is 0 Å². The zero-order valence-electron chi connectivity index (χ0n) is 12.6. The first-order chi connectivity index (χ1) is 10.7. The van der Waals surface area contributed by atoms with E-state index in [0.29, 0.717) is 0 Å². The number of hydrogen-bond donors (Lipinski definition) is 0. The Morgan fingerprint density at radius 1 is 1.32 bits per heavy atom. The number of thiophene rings is 1. The van der Waals surface area contributed by atoms with Crippen molar-refractivity contribution in [3.63, 3.8) is 0 Å². The minimum Gasteiger partial charge on any atom is -0.337 e. The minimum atomic E-state index is 0.107. The van der Waals surface area contributed by atoms with Gasteiger partial charge in [0.05, 0.1) is 10.7 Å². The largest absolute Gasteiger partial charge is 0.337 e. The molecule has 0 aliphatic carbocycles. The van der Waals surface area contributed by atoms with Gasteiger partial charge in [0.15, 0.2) is 0 Å². The third-order valence-corrected chi connectivity index (χ3v) is 5.22. The molecule has 1 aliphatic rings. The maximum Gasteiger partial charge on any atom is 0.246 e. The average molecular weight is 333 g/mol. The van der Waals surface area contributed by atoms with Crippen molar-refractivity contribution in [2.75, 3.05) is 26.2 Å². The highest BCUT2D eigenvalue weighted by molar-refractivity contribution is 7.09. The van der Waals surface area contributed by atoms with E-state index in [1.54, 1.807) is 28.7 Å². The Morgan fingerprint density at radius 2 is 2.14 bits per heavy atom. The van der Waals surface area contributed by atoms with Gasteiger partial charge >= 0.3 is 0 Å². The van der Waals surface area contributed by atoms with Gasteiger partial charge in [-0.2, -0.15) is 11.3 Å². The lowest BCUT2D eigenvalue weighted by atomic mass is 10.2. The normalized spacial score (nSPS) is 16.5. The Kier molecular flexibility index (Phi) is 5.02. The summed E-state index contributed by atoms with van der Waals surface area (Å²) in [4.78, 5) is 21.0. The van der Waals surface area contributed by atoms with Crippen molar-refractivity contribution in [2.45, 2.75) is 13.5 Å². The molecule has 0 spiro atoms. The molecule has 0 unspecified atom stereocenters. The monoisotopic (exact) mass is 333 g/mol. The molecule has 4 nitrogen and oxygen atoms in total. The molecular formula is C16H19N3OS2. The van der Waals surface area contributed by atoms with Crippen LogP contribution < -0.4 is 0 Å². The van der Waals surface area contributed by atoms with Crippen LogP contribution in [0.3, 0.4) is 0 Å². The van der Waals surface area contributed by atoms with Gasteiger partial charge in [0.25, 0.3) is 0 Å². The first kappa shape index (κ1) is 15.4. The molecule has 6 heteroatoms. The molecule has 0 atom stereocenters. The SMILES string of the molecule is Cc1nc(CN2CCN(C(=O)C=Cc3ccsc3)CC2)cs1. The maximum atomic E-state index is 12.2. The molecule has 0 aromatic carbocycles. The predicted molar refractivity (Wildman–Crippen MR) is 92.1 cm³/mol. The molecule has 3 rings (SSSR count). The number of carbonyl (C=O) groups excluding carboxylic acids is 1. The van der Waals surface area contributed by atoms with E-state index in [-0.39, 0.29) is 5.91 Å². The van der Waals surface area contributed by atoms with Crippen molar-refractivity contribution in [3.8, 4) is 0 Å². The lowest BCUT2D eigenvalue weighted by Crippen LogP contribution is -2.47. The van der Waals surface area contributed by atoms with Gasteiger partial charge in [-0.3, -0.25) is 9.69 Å². The summed E-state index contributed by atoms with van der Waals surface area (Å²) in [5.41, 5.74) is 2.23. The van der Waals surface area contributed by atoms with Crippen LogP contribution in [-0.4, -0.2) is 46.9 Å². The number of rotatable bonds is 4. The van der Waals surface area contributed by atoms with Crippen LogP contribution in [0.1, 0.15) is 16.3 Å². The standard InChI is InChI=1S/C16H19N3OS2/c1-13-17-15(12-22-13)10-18-5-7-19(8-6-18)16(20)3-2-14-4-9-21-11-14/h2-4,9,11-12H,5-8,10H2,1H3. The summed E-state index contributed by atoms with van der Waals surface area (Å²) < 4.78 is 0. The molecule has 2 aromatic rings. The summed E-state index contributed by atoms with van der Waals surface area (Å²) >= 11 is 3.33. The summed E-state index contributed by atoms with van der Waals surface area (Å²) in [5, 5.41) is 7.29. The quantitative estimate of drug-likeness (QED) is 0.807. The van der Waals surface area contributed by atoms with Gasteiger partial charge in [0.2, 0.25) is 5.91 Å². The van der Waals surface area contributed by atoms with Crippen LogP contribution in [0.15, 0.2) is 28.3 Å². The third-order valence-electron chi connectivity index (χ3n) is 3.70. The Balaban J connectivity index is 1.47. The van der Waals surface area contributed by atoms with Crippen molar-refractivity contribution >= 4 is 34.7 Å². The van der Waals surface area contributed by atoms with Crippen LogP contribution in [0.4, 0.5) is 0 Å². The molecule has 1 saturated heterocycles. The topological polar surface area (TPSA) is 36.4 Å². The Morgan fingerprint density at radius 3 is 2.77 bits per heavy atom. The average Bonchev–Trinajstić information content (AvgIpc) is 3.17. The Hall–Kier alpha value is -1.50. The van der Waals surface area contributed by atoms with Gasteiger partial charge < -0.3 is 4.90 Å². The number of hydrogen-bond acceptors (Lipinski definition) is 5. The van der Waals surface area contributed by atoms with Crippen LogP contribution in [0, 0.1) is 6.92 Å². The second kappa shape index (κ2) is 7.17. The van der Waals surface area contributed by atoms with Crippen molar-refractivity contribution in [2.24, 2.45) is 0 Å². The number of nitrogens with zero attached hydrogens (tertiary/aromatic N) is 3. The second-order valence-electron chi connectivity index (χ2n) is 5.35. The van der Waals surface area contributed by atoms with E-state index in [4.69, 9.17) is 0 Å². The van der Waals surface area contributed by atoms with Crippen LogP contribution in [0.25, 0.3) is 6.08 Å². The molecule has 0 bridgehead atoms. The van der Waals surface area contributed by atoms with Crippen LogP contribution in [0.2, 0.25) is 0 Å². The smallest absolute Gasteiger partial charge is 0.246 e. The first-order valence-corrected chi connectivity index (χ1v) is 9.15. The maximum absolute atomic E-state index is 12.2. The molecule has 116 valence electrons. The van der Waals surface area contributed by atoms with E-state index in [9.17, 15) is 4.79 Å². The summed E-state index contributed by atoms with van der Waals surface area (Å²) in [6.07, 6.45) is 3.57. The zero-order valence-corrected chi connectivity index (χ0v) is 14.2. The van der Waals surface area contributed by atoms with E-state index in [2.05, 4.69) is 15.3 Å². The fraction of sp³-hybridized carbons (Fsp3) is 0.375. The number of aromatic nitrogens is 1. The van der Waals surface area contributed by atoms with Crippen molar-refractivity contribution in [1.82, 2.24) is 14.8 Å². The molecule has 0 radical (unpaired) electrons. The highest BCUT2D eigenvalue weighted by atomic mass is 32.1. The van der Waals surface area contributed by atoms with E-state index in [1.807, 2.05) is 34.7 Å². The predicted octanol–water partition coefficient (Wildman–Crippen LogP) is 2.87. The Labute approximate surface area is 138 Å². The van der Waals surface area contributed by atoms with Gasteiger partial charge in [-0.25, -0.2) is 4.98 Å². The number of amides is 1. The molecule has 2 aromatic heterocycles. The van der Waals surface area contributed by atoms with E-state index < -0.39 is 0 Å². The molecule has 0 saturated carbocycles. The van der Waals surface area contributed by atoms with Crippen molar-refractivity contribution in [1.29, 1.82) is 0 Å².